The van der Waals surface area contributed by atoms with Crippen molar-refractivity contribution in [1.29, 1.82) is 0 Å². The minimum Gasteiger partial charge on any atom is -0.302 e. The number of carbonyl (C=O) groups is 1. The highest BCUT2D eigenvalue weighted by atomic mass is 16.1. The molecule has 1 aliphatic carbocycles. The first kappa shape index (κ1) is 12.3. The van der Waals surface area contributed by atoms with E-state index in [1.807, 2.05) is 18.2 Å². The molecule has 0 bridgehead atoms. The van der Waals surface area contributed by atoms with Gasteiger partial charge in [0.1, 0.15) is 6.29 Å². The van der Waals surface area contributed by atoms with Gasteiger partial charge in [0.2, 0.25) is 0 Å². The van der Waals surface area contributed by atoms with Crippen molar-refractivity contribution >= 4 is 6.29 Å². The summed E-state index contributed by atoms with van der Waals surface area (Å²) in [7, 11) is 0. The molecular weight excluding hydrogens is 208 g/mol. The van der Waals surface area contributed by atoms with E-state index in [4.69, 9.17) is 0 Å². The Bertz CT molecular complexity index is 376. The van der Waals surface area contributed by atoms with Gasteiger partial charge in [-0.1, -0.05) is 57.0 Å². The Morgan fingerprint density at radius 2 is 1.71 bits per heavy atom. The van der Waals surface area contributed by atoms with Crippen LogP contribution in [0, 0.1) is 5.41 Å². The molecule has 0 aliphatic heterocycles. The SMILES string of the molecule is CCCC1(CCC)CC1(C=O)c1ccccc1. The average molecular weight is 230 g/mol. The Labute approximate surface area is 104 Å². The van der Waals surface area contributed by atoms with Crippen molar-refractivity contribution in [3.63, 3.8) is 0 Å². The predicted molar refractivity (Wildman–Crippen MR) is 71.1 cm³/mol. The van der Waals surface area contributed by atoms with Crippen molar-refractivity contribution in [2.75, 3.05) is 0 Å². The van der Waals surface area contributed by atoms with Crippen molar-refractivity contribution in [2.45, 2.75) is 51.4 Å². The van der Waals surface area contributed by atoms with Gasteiger partial charge in [-0.2, -0.15) is 0 Å². The minimum absolute atomic E-state index is 0.180. The van der Waals surface area contributed by atoms with Gasteiger partial charge in [0.05, 0.1) is 5.41 Å². The number of benzene rings is 1. The van der Waals surface area contributed by atoms with Gasteiger partial charge >= 0.3 is 0 Å². The molecule has 2 rings (SSSR count). The van der Waals surface area contributed by atoms with Gasteiger partial charge in [0, 0.05) is 0 Å². The third kappa shape index (κ3) is 1.82. The molecule has 1 saturated carbocycles. The van der Waals surface area contributed by atoms with Gasteiger partial charge in [-0.05, 0) is 30.2 Å². The summed E-state index contributed by atoms with van der Waals surface area (Å²) in [6.07, 6.45) is 6.96. The normalized spacial score (nSPS) is 25.5. The maximum Gasteiger partial charge on any atom is 0.131 e. The van der Waals surface area contributed by atoms with Crippen molar-refractivity contribution in [1.82, 2.24) is 0 Å². The van der Waals surface area contributed by atoms with Gasteiger partial charge in [-0.3, -0.25) is 0 Å². The van der Waals surface area contributed by atoms with Gasteiger partial charge in [-0.15, -0.1) is 0 Å². The smallest absolute Gasteiger partial charge is 0.131 e. The molecule has 0 N–H and O–H groups in total. The van der Waals surface area contributed by atoms with Crippen LogP contribution in [0.5, 0.6) is 0 Å². The highest BCUT2D eigenvalue weighted by molar-refractivity contribution is 5.76. The van der Waals surface area contributed by atoms with E-state index in [-0.39, 0.29) is 10.8 Å². The lowest BCUT2D eigenvalue weighted by atomic mass is 9.81. The highest BCUT2D eigenvalue weighted by Gasteiger charge is 2.66. The summed E-state index contributed by atoms with van der Waals surface area (Å²) in [5.41, 5.74) is 1.29. The zero-order chi connectivity index (χ0) is 12.4. The predicted octanol–water partition coefficient (Wildman–Crippen LogP) is 4.11. The fraction of sp³-hybridized carbons (Fsp3) is 0.562. The first-order valence-electron chi connectivity index (χ1n) is 6.76. The van der Waals surface area contributed by atoms with Gasteiger partial charge in [0.25, 0.3) is 0 Å². The number of aldehydes is 1. The molecule has 1 fully saturated rings. The van der Waals surface area contributed by atoms with E-state index >= 15 is 0 Å². The molecule has 0 aromatic heterocycles. The van der Waals surface area contributed by atoms with Crippen molar-refractivity contribution in [2.24, 2.45) is 5.41 Å². The van der Waals surface area contributed by atoms with Crippen LogP contribution >= 0.6 is 0 Å². The van der Waals surface area contributed by atoms with E-state index in [1.54, 1.807) is 0 Å². The van der Waals surface area contributed by atoms with Crippen LogP contribution in [0.15, 0.2) is 30.3 Å². The summed E-state index contributed by atoms with van der Waals surface area (Å²) in [6, 6.07) is 10.3. The third-order valence-corrected chi connectivity index (χ3v) is 4.39. The molecule has 0 amide bonds. The van der Waals surface area contributed by atoms with Crippen LogP contribution < -0.4 is 0 Å². The maximum atomic E-state index is 11.7. The lowest BCUT2D eigenvalue weighted by molar-refractivity contribution is -0.110. The molecular formula is C16H22O. The van der Waals surface area contributed by atoms with E-state index in [1.165, 1.54) is 37.5 Å². The molecule has 0 spiro atoms. The Morgan fingerprint density at radius 3 is 2.18 bits per heavy atom. The molecule has 0 heterocycles. The fourth-order valence-electron chi connectivity index (χ4n) is 3.57. The topological polar surface area (TPSA) is 17.1 Å². The van der Waals surface area contributed by atoms with Gasteiger partial charge < -0.3 is 4.79 Å². The van der Waals surface area contributed by atoms with E-state index < -0.39 is 0 Å². The molecule has 0 radical (unpaired) electrons. The number of carbonyl (C=O) groups excluding carboxylic acids is 1. The summed E-state index contributed by atoms with van der Waals surface area (Å²) in [4.78, 5) is 11.7. The second kappa shape index (κ2) is 4.64. The molecule has 1 heteroatoms. The molecule has 0 saturated heterocycles. The largest absolute Gasteiger partial charge is 0.302 e. The van der Waals surface area contributed by atoms with Crippen molar-refractivity contribution < 1.29 is 4.79 Å². The molecule has 92 valence electrons. The monoisotopic (exact) mass is 230 g/mol. The zero-order valence-corrected chi connectivity index (χ0v) is 10.9. The fourth-order valence-corrected chi connectivity index (χ4v) is 3.57. The summed E-state index contributed by atoms with van der Waals surface area (Å²) in [6.45, 7) is 4.44. The molecule has 1 nitrogen and oxygen atoms in total. The van der Waals surface area contributed by atoms with Crippen molar-refractivity contribution in [3.8, 4) is 0 Å². The Morgan fingerprint density at radius 1 is 1.12 bits per heavy atom. The maximum absolute atomic E-state index is 11.7. The molecule has 1 aromatic rings. The second-order valence-corrected chi connectivity index (χ2v) is 5.41. The molecule has 1 atom stereocenters. The lowest BCUT2D eigenvalue weighted by Gasteiger charge is -2.21. The molecule has 17 heavy (non-hydrogen) atoms. The number of hydrogen-bond acceptors (Lipinski definition) is 1. The van der Waals surface area contributed by atoms with E-state index in [9.17, 15) is 4.79 Å². The summed E-state index contributed by atoms with van der Waals surface area (Å²) >= 11 is 0. The first-order chi connectivity index (χ1) is 8.24. The summed E-state index contributed by atoms with van der Waals surface area (Å²) in [5, 5.41) is 0. The van der Waals surface area contributed by atoms with Crippen LogP contribution in [0.25, 0.3) is 0 Å². The molecule has 1 unspecified atom stereocenters. The standard InChI is InChI=1S/C16H22O/c1-3-10-15(11-4-2)12-16(15,13-17)14-8-6-5-7-9-14/h5-9,13H,3-4,10-12H2,1-2H3. The van der Waals surface area contributed by atoms with Crippen LogP contribution in [-0.2, 0) is 10.2 Å². The van der Waals surface area contributed by atoms with Crippen LogP contribution in [-0.4, -0.2) is 6.29 Å². The Kier molecular flexibility index (Phi) is 3.37. The lowest BCUT2D eigenvalue weighted by Crippen LogP contribution is -2.20. The van der Waals surface area contributed by atoms with E-state index in [2.05, 4.69) is 26.0 Å². The van der Waals surface area contributed by atoms with Crippen molar-refractivity contribution in [3.05, 3.63) is 35.9 Å². The highest BCUT2D eigenvalue weighted by Crippen LogP contribution is 2.68. The Balaban J connectivity index is 2.32. The quantitative estimate of drug-likeness (QED) is 0.672. The van der Waals surface area contributed by atoms with E-state index in [0.717, 1.165) is 6.42 Å². The summed E-state index contributed by atoms with van der Waals surface area (Å²) in [5.74, 6) is 0. The average Bonchev–Trinajstić information content (AvgIpc) is 3.00. The van der Waals surface area contributed by atoms with Crippen LogP contribution in [0.4, 0.5) is 0 Å². The van der Waals surface area contributed by atoms with Crippen LogP contribution in [0.3, 0.4) is 0 Å². The molecule has 1 aromatic carbocycles. The van der Waals surface area contributed by atoms with Gasteiger partial charge in [-0.25, -0.2) is 0 Å². The molecule has 1 aliphatic rings. The van der Waals surface area contributed by atoms with E-state index in [0.29, 0.717) is 0 Å². The van der Waals surface area contributed by atoms with Gasteiger partial charge in [0.15, 0.2) is 0 Å². The zero-order valence-electron chi connectivity index (χ0n) is 10.9. The van der Waals surface area contributed by atoms with Crippen LogP contribution in [0.2, 0.25) is 0 Å². The van der Waals surface area contributed by atoms with Crippen LogP contribution in [0.1, 0.15) is 51.5 Å². The Hall–Kier alpha value is -1.11. The number of rotatable bonds is 6. The second-order valence-electron chi connectivity index (χ2n) is 5.41. The first-order valence-corrected chi connectivity index (χ1v) is 6.76. The summed E-state index contributed by atoms with van der Waals surface area (Å²) < 4.78 is 0. The number of hydrogen-bond donors (Lipinski definition) is 0. The minimum atomic E-state index is -0.180. The third-order valence-electron chi connectivity index (χ3n) is 4.39.